The highest BCUT2D eigenvalue weighted by Crippen LogP contribution is 2.19. The lowest BCUT2D eigenvalue weighted by molar-refractivity contribution is -0.757. The van der Waals surface area contributed by atoms with Gasteiger partial charge in [0.15, 0.2) is 0 Å². The van der Waals surface area contributed by atoms with Crippen molar-refractivity contribution in [1.29, 1.82) is 0 Å². The fourth-order valence-corrected chi connectivity index (χ4v) is 1.66. The maximum atomic E-state index is 9.99. The highest BCUT2D eigenvalue weighted by Gasteiger charge is 2.06. The van der Waals surface area contributed by atoms with Crippen molar-refractivity contribution in [2.24, 2.45) is 0 Å². The van der Waals surface area contributed by atoms with Gasteiger partial charge in [0, 0.05) is 25.1 Å². The molecule has 1 unspecified atom stereocenters. The average Bonchev–Trinajstić information content (AvgIpc) is 2.50. The summed E-state index contributed by atoms with van der Waals surface area (Å²) >= 11 is 0. The molecule has 0 saturated carbocycles. The van der Waals surface area contributed by atoms with Crippen LogP contribution < -0.4 is 14.8 Å². The van der Waals surface area contributed by atoms with Crippen LogP contribution in [0.4, 0.5) is 0 Å². The van der Waals surface area contributed by atoms with Crippen molar-refractivity contribution in [3.05, 3.63) is 34.4 Å². The topological polar surface area (TPSA) is 103 Å². The van der Waals surface area contributed by atoms with Gasteiger partial charge in [0.25, 0.3) is 5.09 Å². The van der Waals surface area contributed by atoms with Gasteiger partial charge in [-0.1, -0.05) is 19.9 Å². The van der Waals surface area contributed by atoms with E-state index in [0.29, 0.717) is 37.1 Å². The molecule has 0 fully saturated rings. The maximum Gasteiger partial charge on any atom is 0.294 e. The lowest BCUT2D eigenvalue weighted by atomic mass is 10.3. The van der Waals surface area contributed by atoms with E-state index in [4.69, 9.17) is 9.47 Å². The van der Waals surface area contributed by atoms with Gasteiger partial charge in [-0.05, 0) is 12.1 Å². The molecular weight excluding hydrogens is 304 g/mol. The predicted octanol–water partition coefficient (Wildman–Crippen LogP) is 1.40. The molecule has 0 saturated heterocycles. The Hall–Kier alpha value is -2.06. The molecule has 1 atom stereocenters. The first-order chi connectivity index (χ1) is 11.0. The summed E-state index contributed by atoms with van der Waals surface area (Å²) in [5.74, 6) is 1.19. The van der Waals surface area contributed by atoms with Crippen molar-refractivity contribution in [3.8, 4) is 11.5 Å². The van der Waals surface area contributed by atoms with Crippen molar-refractivity contribution < 1.29 is 24.5 Å². The van der Waals surface area contributed by atoms with Gasteiger partial charge in [0.1, 0.15) is 24.2 Å². The average molecular weight is 328 g/mol. The molecular formula is C15H24N2O6. The SMILES string of the molecule is CC(C)NCC(O)COc1cccc(OCCCO[N+](=O)[O-])c1. The summed E-state index contributed by atoms with van der Waals surface area (Å²) in [6, 6.07) is 7.32. The molecule has 0 spiro atoms. The van der Waals surface area contributed by atoms with Gasteiger partial charge in [-0.25, -0.2) is 0 Å². The zero-order chi connectivity index (χ0) is 17.1. The lowest BCUT2D eigenvalue weighted by Crippen LogP contribution is -2.35. The van der Waals surface area contributed by atoms with Crippen LogP contribution in [-0.2, 0) is 4.84 Å². The molecule has 0 aliphatic rings. The van der Waals surface area contributed by atoms with E-state index >= 15 is 0 Å². The van der Waals surface area contributed by atoms with Crippen LogP contribution in [0.1, 0.15) is 20.3 Å². The summed E-state index contributed by atoms with van der Waals surface area (Å²) in [7, 11) is 0. The van der Waals surface area contributed by atoms with Crippen molar-refractivity contribution in [2.75, 3.05) is 26.4 Å². The number of aliphatic hydroxyl groups is 1. The third-order valence-electron chi connectivity index (χ3n) is 2.76. The lowest BCUT2D eigenvalue weighted by Gasteiger charge is -2.15. The smallest absolute Gasteiger partial charge is 0.294 e. The minimum Gasteiger partial charge on any atom is -0.493 e. The molecule has 8 heteroatoms. The molecule has 0 heterocycles. The van der Waals surface area contributed by atoms with Gasteiger partial charge in [-0.2, -0.15) is 0 Å². The first kappa shape index (κ1) is 19.0. The standard InChI is InChI=1S/C15H24N2O6/c1-12(2)16-10-13(18)11-22-15-6-3-5-14(9-15)21-7-4-8-23-17(19)20/h3,5-6,9,12-13,16,18H,4,7-8,10-11H2,1-2H3. The molecule has 1 aromatic rings. The second-order valence-electron chi connectivity index (χ2n) is 5.26. The van der Waals surface area contributed by atoms with E-state index in [0.717, 1.165) is 0 Å². The van der Waals surface area contributed by atoms with E-state index < -0.39 is 11.2 Å². The van der Waals surface area contributed by atoms with E-state index in [2.05, 4.69) is 10.2 Å². The van der Waals surface area contributed by atoms with Gasteiger partial charge in [-0.15, -0.1) is 10.1 Å². The molecule has 2 N–H and O–H groups in total. The fourth-order valence-electron chi connectivity index (χ4n) is 1.66. The second kappa shape index (κ2) is 10.6. The predicted molar refractivity (Wildman–Crippen MR) is 84.1 cm³/mol. The minimum atomic E-state index is -0.825. The summed E-state index contributed by atoms with van der Waals surface area (Å²) < 4.78 is 11.0. The van der Waals surface area contributed by atoms with Crippen molar-refractivity contribution in [1.82, 2.24) is 5.32 Å². The van der Waals surface area contributed by atoms with Crippen LogP contribution in [0.5, 0.6) is 11.5 Å². The largest absolute Gasteiger partial charge is 0.493 e. The first-order valence-corrected chi connectivity index (χ1v) is 7.51. The quantitative estimate of drug-likeness (QED) is 0.339. The molecule has 0 amide bonds. The Morgan fingerprint density at radius 2 is 1.96 bits per heavy atom. The number of benzene rings is 1. The Balaban J connectivity index is 2.28. The molecule has 8 nitrogen and oxygen atoms in total. The molecule has 1 rings (SSSR count). The molecule has 0 aliphatic carbocycles. The van der Waals surface area contributed by atoms with Crippen molar-refractivity contribution in [2.45, 2.75) is 32.4 Å². The summed E-state index contributed by atoms with van der Waals surface area (Å²) in [4.78, 5) is 14.2. The normalized spacial score (nSPS) is 12.0. The summed E-state index contributed by atoms with van der Waals surface area (Å²) in [6.45, 7) is 4.96. The highest BCUT2D eigenvalue weighted by molar-refractivity contribution is 5.32. The minimum absolute atomic E-state index is 0.00175. The monoisotopic (exact) mass is 328 g/mol. The summed E-state index contributed by atoms with van der Waals surface area (Å²) in [5.41, 5.74) is 0. The van der Waals surface area contributed by atoms with Crippen LogP contribution in [0.3, 0.4) is 0 Å². The zero-order valence-corrected chi connectivity index (χ0v) is 13.4. The van der Waals surface area contributed by atoms with Gasteiger partial charge in [0.05, 0.1) is 13.2 Å². The van der Waals surface area contributed by atoms with E-state index in [1.165, 1.54) is 0 Å². The Morgan fingerprint density at radius 3 is 2.61 bits per heavy atom. The molecule has 23 heavy (non-hydrogen) atoms. The van der Waals surface area contributed by atoms with E-state index in [9.17, 15) is 15.2 Å². The van der Waals surface area contributed by atoms with E-state index in [1.807, 2.05) is 13.8 Å². The number of aliphatic hydroxyl groups excluding tert-OH is 1. The number of ether oxygens (including phenoxy) is 2. The van der Waals surface area contributed by atoms with E-state index in [-0.39, 0.29) is 13.2 Å². The Morgan fingerprint density at radius 1 is 1.26 bits per heavy atom. The first-order valence-electron chi connectivity index (χ1n) is 7.51. The van der Waals surface area contributed by atoms with Crippen LogP contribution in [-0.4, -0.2) is 48.7 Å². The molecule has 1 aromatic carbocycles. The maximum absolute atomic E-state index is 9.99. The third-order valence-corrected chi connectivity index (χ3v) is 2.76. The molecule has 0 bridgehead atoms. The van der Waals surface area contributed by atoms with Crippen molar-refractivity contribution in [3.63, 3.8) is 0 Å². The number of nitrogens with one attached hydrogen (secondary N) is 1. The number of rotatable bonds is 12. The van der Waals surface area contributed by atoms with Crippen molar-refractivity contribution >= 4 is 0 Å². The fraction of sp³-hybridized carbons (Fsp3) is 0.600. The number of hydrogen-bond acceptors (Lipinski definition) is 7. The second-order valence-corrected chi connectivity index (χ2v) is 5.26. The Kier molecular flexibility index (Phi) is 8.78. The molecule has 0 radical (unpaired) electrons. The van der Waals surface area contributed by atoms with Gasteiger partial charge >= 0.3 is 0 Å². The number of hydrogen-bond donors (Lipinski definition) is 2. The summed E-state index contributed by atoms with van der Waals surface area (Å²) in [5, 5.41) is 22.1. The number of nitrogens with zero attached hydrogens (tertiary/aromatic N) is 1. The summed E-state index contributed by atoms with van der Waals surface area (Å²) in [6.07, 6.45) is -0.188. The van der Waals surface area contributed by atoms with Gasteiger partial charge in [0.2, 0.25) is 0 Å². The van der Waals surface area contributed by atoms with E-state index in [1.54, 1.807) is 24.3 Å². The molecule has 0 aliphatic heterocycles. The Labute approximate surface area is 135 Å². The highest BCUT2D eigenvalue weighted by atomic mass is 16.9. The zero-order valence-electron chi connectivity index (χ0n) is 13.4. The third kappa shape index (κ3) is 9.54. The Bertz CT molecular complexity index is 469. The van der Waals surface area contributed by atoms with Crippen LogP contribution in [0.2, 0.25) is 0 Å². The molecule has 0 aromatic heterocycles. The van der Waals surface area contributed by atoms with Crippen LogP contribution >= 0.6 is 0 Å². The van der Waals surface area contributed by atoms with Gasteiger partial charge in [-0.3, -0.25) is 0 Å². The molecule has 130 valence electrons. The van der Waals surface area contributed by atoms with Crippen LogP contribution in [0.15, 0.2) is 24.3 Å². The van der Waals surface area contributed by atoms with Crippen LogP contribution in [0, 0.1) is 10.1 Å². The van der Waals surface area contributed by atoms with Gasteiger partial charge < -0.3 is 24.7 Å². The van der Waals surface area contributed by atoms with Crippen LogP contribution in [0.25, 0.3) is 0 Å².